The van der Waals surface area contributed by atoms with Gasteiger partial charge < -0.3 is 10.2 Å². The maximum absolute atomic E-state index is 3.73. The molecule has 18 heavy (non-hydrogen) atoms. The quantitative estimate of drug-likeness (QED) is 0.857. The topological polar surface area (TPSA) is 15.3 Å². The van der Waals surface area contributed by atoms with Crippen LogP contribution < -0.4 is 10.2 Å². The molecule has 0 bridgehead atoms. The van der Waals surface area contributed by atoms with Gasteiger partial charge in [0.25, 0.3) is 0 Å². The molecule has 1 aliphatic rings. The molecule has 2 rings (SSSR count). The highest BCUT2D eigenvalue weighted by Crippen LogP contribution is 2.23. The Labute approximate surface area is 111 Å². The second-order valence-electron chi connectivity index (χ2n) is 5.58. The largest absolute Gasteiger partial charge is 0.373 e. The first-order valence-electron chi connectivity index (χ1n) is 7.27. The van der Waals surface area contributed by atoms with Crippen LogP contribution in [-0.2, 0) is 0 Å². The number of hydrogen-bond acceptors (Lipinski definition) is 2. The van der Waals surface area contributed by atoms with E-state index < -0.39 is 0 Å². The molecule has 0 spiro atoms. The van der Waals surface area contributed by atoms with Crippen LogP contribution in [0.15, 0.2) is 30.3 Å². The van der Waals surface area contributed by atoms with Crippen molar-refractivity contribution >= 4 is 5.69 Å². The number of benzene rings is 1. The van der Waals surface area contributed by atoms with E-state index in [-0.39, 0.29) is 0 Å². The summed E-state index contributed by atoms with van der Waals surface area (Å²) >= 11 is 0. The number of anilines is 1. The van der Waals surface area contributed by atoms with Crippen LogP contribution in [-0.4, -0.2) is 26.2 Å². The molecule has 2 nitrogen and oxygen atoms in total. The minimum atomic E-state index is 0.739. The average Bonchev–Trinajstić information content (AvgIpc) is 2.42. The Morgan fingerprint density at radius 2 is 1.89 bits per heavy atom. The van der Waals surface area contributed by atoms with E-state index >= 15 is 0 Å². The van der Waals surface area contributed by atoms with Gasteiger partial charge in [0.05, 0.1) is 0 Å². The van der Waals surface area contributed by atoms with Gasteiger partial charge in [0, 0.05) is 31.9 Å². The summed E-state index contributed by atoms with van der Waals surface area (Å²) in [6.07, 6.45) is 5.57. The Bertz CT molecular complexity index is 336. The van der Waals surface area contributed by atoms with Crippen molar-refractivity contribution in [1.29, 1.82) is 0 Å². The maximum Gasteiger partial charge on any atom is 0.0364 e. The lowest BCUT2D eigenvalue weighted by Gasteiger charge is -2.30. The van der Waals surface area contributed by atoms with Gasteiger partial charge in [0.2, 0.25) is 0 Å². The van der Waals surface area contributed by atoms with E-state index in [2.05, 4.69) is 54.5 Å². The number of nitrogens with zero attached hydrogens (tertiary/aromatic N) is 1. The van der Waals surface area contributed by atoms with Crippen molar-refractivity contribution in [2.24, 2.45) is 5.92 Å². The Morgan fingerprint density at radius 1 is 1.17 bits per heavy atom. The summed E-state index contributed by atoms with van der Waals surface area (Å²) in [7, 11) is 2.17. The van der Waals surface area contributed by atoms with Crippen LogP contribution in [0.5, 0.6) is 0 Å². The van der Waals surface area contributed by atoms with Gasteiger partial charge in [0.15, 0.2) is 0 Å². The van der Waals surface area contributed by atoms with Gasteiger partial charge >= 0.3 is 0 Å². The maximum atomic E-state index is 3.73. The highest BCUT2D eigenvalue weighted by molar-refractivity contribution is 5.44. The molecule has 0 saturated heterocycles. The highest BCUT2D eigenvalue weighted by Gasteiger charge is 2.20. The van der Waals surface area contributed by atoms with Crippen molar-refractivity contribution in [2.75, 3.05) is 25.0 Å². The van der Waals surface area contributed by atoms with E-state index in [0.717, 1.165) is 25.0 Å². The number of rotatable bonds is 5. The Balaban J connectivity index is 1.71. The fraction of sp³-hybridized carbons (Fsp3) is 0.625. The van der Waals surface area contributed by atoms with Crippen LogP contribution in [0.3, 0.4) is 0 Å². The molecule has 1 aromatic rings. The van der Waals surface area contributed by atoms with Gasteiger partial charge in [-0.05, 0) is 30.9 Å². The van der Waals surface area contributed by atoms with Crippen molar-refractivity contribution in [3.8, 4) is 0 Å². The molecule has 0 aromatic heterocycles. The molecule has 1 saturated carbocycles. The third-order valence-corrected chi connectivity index (χ3v) is 4.16. The minimum Gasteiger partial charge on any atom is -0.373 e. The molecule has 1 aromatic carbocycles. The molecular formula is C16H26N2. The van der Waals surface area contributed by atoms with Crippen LogP contribution in [0.4, 0.5) is 5.69 Å². The summed E-state index contributed by atoms with van der Waals surface area (Å²) < 4.78 is 0. The van der Waals surface area contributed by atoms with Crippen LogP contribution in [0.1, 0.15) is 32.6 Å². The van der Waals surface area contributed by atoms with Gasteiger partial charge in [-0.25, -0.2) is 0 Å². The molecule has 1 N–H and O–H groups in total. The molecule has 2 unspecified atom stereocenters. The highest BCUT2D eigenvalue weighted by atomic mass is 15.1. The third kappa shape index (κ3) is 3.74. The molecule has 2 atom stereocenters. The molecule has 0 radical (unpaired) electrons. The lowest BCUT2D eigenvalue weighted by molar-refractivity contribution is 0.283. The fourth-order valence-corrected chi connectivity index (χ4v) is 2.85. The zero-order valence-electron chi connectivity index (χ0n) is 11.7. The number of likely N-dealkylation sites (N-methyl/N-ethyl adjacent to an activating group) is 1. The molecular weight excluding hydrogens is 220 g/mol. The third-order valence-electron chi connectivity index (χ3n) is 4.16. The number of hydrogen-bond donors (Lipinski definition) is 1. The Hall–Kier alpha value is -1.02. The van der Waals surface area contributed by atoms with Gasteiger partial charge in [0.1, 0.15) is 0 Å². The average molecular weight is 246 g/mol. The first kappa shape index (κ1) is 13.4. The first-order chi connectivity index (χ1) is 8.77. The van der Waals surface area contributed by atoms with Gasteiger partial charge in [-0.15, -0.1) is 0 Å². The van der Waals surface area contributed by atoms with Gasteiger partial charge in [-0.3, -0.25) is 0 Å². The molecule has 1 aliphatic carbocycles. The van der Waals surface area contributed by atoms with Crippen LogP contribution in [0.25, 0.3) is 0 Å². The summed E-state index contributed by atoms with van der Waals surface area (Å²) in [6, 6.07) is 11.3. The van der Waals surface area contributed by atoms with Gasteiger partial charge in [-0.2, -0.15) is 0 Å². The van der Waals surface area contributed by atoms with Crippen molar-refractivity contribution < 1.29 is 0 Å². The number of nitrogens with one attached hydrogen (secondary N) is 1. The Kier molecular flexibility index (Phi) is 5.06. The van der Waals surface area contributed by atoms with Crippen molar-refractivity contribution in [2.45, 2.75) is 38.6 Å². The van der Waals surface area contributed by atoms with E-state index in [4.69, 9.17) is 0 Å². The predicted octanol–water partition coefficient (Wildman–Crippen LogP) is 3.29. The second kappa shape index (κ2) is 6.79. The zero-order valence-corrected chi connectivity index (χ0v) is 11.7. The van der Waals surface area contributed by atoms with E-state index in [1.54, 1.807) is 0 Å². The summed E-state index contributed by atoms with van der Waals surface area (Å²) in [4.78, 5) is 2.32. The monoisotopic (exact) mass is 246 g/mol. The lowest BCUT2D eigenvalue weighted by Crippen LogP contribution is -2.41. The standard InChI is InChI=1S/C16H26N2/c1-14-8-6-7-11-16(14)17-12-13-18(2)15-9-4-3-5-10-15/h3-5,9-10,14,16-17H,6-8,11-13H2,1-2H3. The SMILES string of the molecule is CC1CCCCC1NCCN(C)c1ccccc1. The van der Waals surface area contributed by atoms with E-state index in [1.165, 1.54) is 31.4 Å². The van der Waals surface area contributed by atoms with E-state index in [9.17, 15) is 0 Å². The van der Waals surface area contributed by atoms with Gasteiger partial charge in [-0.1, -0.05) is 38.0 Å². The lowest BCUT2D eigenvalue weighted by atomic mass is 9.86. The van der Waals surface area contributed by atoms with Crippen LogP contribution >= 0.6 is 0 Å². The van der Waals surface area contributed by atoms with Crippen LogP contribution in [0, 0.1) is 5.92 Å². The predicted molar refractivity (Wildman–Crippen MR) is 79.1 cm³/mol. The molecule has 0 heterocycles. The minimum absolute atomic E-state index is 0.739. The van der Waals surface area contributed by atoms with Crippen molar-refractivity contribution in [1.82, 2.24) is 5.32 Å². The number of para-hydroxylation sites is 1. The smallest absolute Gasteiger partial charge is 0.0364 e. The van der Waals surface area contributed by atoms with Crippen LogP contribution in [0.2, 0.25) is 0 Å². The summed E-state index contributed by atoms with van der Waals surface area (Å²) in [5.41, 5.74) is 1.30. The molecule has 2 heteroatoms. The molecule has 0 aliphatic heterocycles. The van der Waals surface area contributed by atoms with Crippen molar-refractivity contribution in [3.05, 3.63) is 30.3 Å². The van der Waals surface area contributed by atoms with Crippen molar-refractivity contribution in [3.63, 3.8) is 0 Å². The fourth-order valence-electron chi connectivity index (χ4n) is 2.85. The summed E-state index contributed by atoms with van der Waals surface area (Å²) in [6.45, 7) is 4.55. The van der Waals surface area contributed by atoms with E-state index in [1.807, 2.05) is 0 Å². The second-order valence-corrected chi connectivity index (χ2v) is 5.58. The first-order valence-corrected chi connectivity index (χ1v) is 7.27. The molecule has 0 amide bonds. The molecule has 100 valence electrons. The Morgan fingerprint density at radius 3 is 2.61 bits per heavy atom. The van der Waals surface area contributed by atoms with E-state index in [0.29, 0.717) is 0 Å². The zero-order chi connectivity index (χ0) is 12.8. The summed E-state index contributed by atoms with van der Waals surface area (Å²) in [5.74, 6) is 0.848. The summed E-state index contributed by atoms with van der Waals surface area (Å²) in [5, 5.41) is 3.73. The molecule has 1 fully saturated rings. The normalized spacial score (nSPS) is 23.9.